The number of fused-ring (bicyclic) bond motifs is 1. The molecule has 11 heteroatoms. The van der Waals surface area contributed by atoms with Gasteiger partial charge in [0.05, 0.1) is 0 Å². The van der Waals surface area contributed by atoms with Crippen molar-refractivity contribution >= 4 is 28.8 Å². The molecule has 154 valence electrons. The molecule has 3 rings (SSSR count). The largest absolute Gasteiger partial charge is 0.352 e. The maximum absolute atomic E-state index is 13.6. The first kappa shape index (κ1) is 20.8. The Kier molecular flexibility index (Phi) is 5.87. The second kappa shape index (κ2) is 8.19. The lowest BCUT2D eigenvalue weighted by Crippen LogP contribution is -2.37. The minimum atomic E-state index is -0.716. The summed E-state index contributed by atoms with van der Waals surface area (Å²) in [6, 6.07) is 3.17. The fraction of sp³-hybridized carbons (Fsp3) is 0.333. The highest BCUT2D eigenvalue weighted by Gasteiger charge is 2.17. The van der Waals surface area contributed by atoms with Crippen molar-refractivity contribution < 1.29 is 13.6 Å². The van der Waals surface area contributed by atoms with Crippen molar-refractivity contribution in [3.05, 3.63) is 56.2 Å². The number of thioether (sulfide) groups is 1. The number of hydrogen-bond acceptors (Lipinski definition) is 5. The molecule has 0 saturated carbocycles. The van der Waals surface area contributed by atoms with Crippen molar-refractivity contribution in [2.24, 2.45) is 21.1 Å². The average Bonchev–Trinajstić information content (AvgIpc) is 3.00. The quantitative estimate of drug-likeness (QED) is 0.599. The van der Waals surface area contributed by atoms with E-state index in [1.165, 1.54) is 29.4 Å². The van der Waals surface area contributed by atoms with Gasteiger partial charge >= 0.3 is 5.69 Å². The number of rotatable bonds is 6. The summed E-state index contributed by atoms with van der Waals surface area (Å²) in [4.78, 5) is 40.6. The maximum Gasteiger partial charge on any atom is 0.332 e. The van der Waals surface area contributed by atoms with Crippen LogP contribution in [0.2, 0.25) is 0 Å². The first-order valence-corrected chi connectivity index (χ1v) is 9.65. The van der Waals surface area contributed by atoms with Crippen LogP contribution in [-0.2, 0) is 32.5 Å². The highest BCUT2D eigenvalue weighted by Crippen LogP contribution is 2.20. The van der Waals surface area contributed by atoms with E-state index in [1.54, 1.807) is 18.7 Å². The molecule has 1 amide bonds. The van der Waals surface area contributed by atoms with Gasteiger partial charge in [0.25, 0.3) is 5.56 Å². The summed E-state index contributed by atoms with van der Waals surface area (Å²) in [7, 11) is 4.64. The molecule has 0 spiro atoms. The highest BCUT2D eigenvalue weighted by molar-refractivity contribution is 7.99. The Morgan fingerprint density at radius 1 is 1.14 bits per heavy atom. The summed E-state index contributed by atoms with van der Waals surface area (Å²) in [5.41, 5.74) is -0.161. The van der Waals surface area contributed by atoms with Gasteiger partial charge in [0.2, 0.25) is 5.91 Å². The third-order valence-electron chi connectivity index (χ3n) is 4.47. The Morgan fingerprint density at radius 3 is 2.55 bits per heavy atom. The summed E-state index contributed by atoms with van der Waals surface area (Å²) < 4.78 is 30.5. The minimum Gasteiger partial charge on any atom is -0.352 e. The number of hydrogen-bond donors (Lipinski definition) is 1. The third kappa shape index (κ3) is 4.09. The second-order valence-electron chi connectivity index (χ2n) is 6.44. The molecule has 0 aliphatic carbocycles. The van der Waals surface area contributed by atoms with E-state index in [1.807, 2.05) is 0 Å². The van der Waals surface area contributed by atoms with Crippen molar-refractivity contribution in [1.82, 2.24) is 24.0 Å². The van der Waals surface area contributed by atoms with Gasteiger partial charge in [-0.3, -0.25) is 18.7 Å². The normalized spacial score (nSPS) is 11.2. The van der Waals surface area contributed by atoms with Crippen LogP contribution in [0.15, 0.2) is 32.9 Å². The van der Waals surface area contributed by atoms with E-state index in [2.05, 4.69) is 10.3 Å². The smallest absolute Gasteiger partial charge is 0.332 e. The molecule has 29 heavy (non-hydrogen) atoms. The van der Waals surface area contributed by atoms with Crippen LogP contribution in [0.5, 0.6) is 0 Å². The van der Waals surface area contributed by atoms with E-state index in [9.17, 15) is 23.2 Å². The first-order chi connectivity index (χ1) is 13.7. The molecule has 2 heterocycles. The van der Waals surface area contributed by atoms with Crippen molar-refractivity contribution in [1.29, 1.82) is 0 Å². The summed E-state index contributed by atoms with van der Waals surface area (Å²) in [5, 5.41) is 3.08. The summed E-state index contributed by atoms with van der Waals surface area (Å²) >= 11 is 1.26. The molecule has 0 aliphatic heterocycles. The molecule has 0 aliphatic rings. The number of nitrogens with one attached hydrogen (secondary N) is 1. The third-order valence-corrected chi connectivity index (χ3v) is 5.51. The maximum atomic E-state index is 13.6. The minimum absolute atomic E-state index is 0.0416. The van der Waals surface area contributed by atoms with E-state index < -0.39 is 22.9 Å². The Bertz CT molecular complexity index is 1210. The standard InChI is InChI=1S/C18H19F2N5O3S/c1-23-15-14(16(27)25(3)18(28)24(15)2)22-17(23)29-7-6-13(26)21-9-10-4-5-11(19)8-12(10)20/h4-5,8H,6-7,9H2,1-3H3,(H,21,26). The zero-order valence-corrected chi connectivity index (χ0v) is 16.8. The van der Waals surface area contributed by atoms with Crippen LogP contribution in [0.25, 0.3) is 11.2 Å². The van der Waals surface area contributed by atoms with Gasteiger partial charge in [0, 0.05) is 51.5 Å². The van der Waals surface area contributed by atoms with Gasteiger partial charge < -0.3 is 9.88 Å². The molecule has 2 aromatic heterocycles. The Balaban J connectivity index is 1.64. The number of benzene rings is 1. The van der Waals surface area contributed by atoms with Crippen LogP contribution in [0, 0.1) is 11.6 Å². The van der Waals surface area contributed by atoms with Crippen LogP contribution in [0.1, 0.15) is 12.0 Å². The molecule has 1 aromatic carbocycles. The molecular weight excluding hydrogens is 404 g/mol. The number of amides is 1. The van der Waals surface area contributed by atoms with E-state index in [4.69, 9.17) is 0 Å². The fourth-order valence-electron chi connectivity index (χ4n) is 2.87. The van der Waals surface area contributed by atoms with Crippen molar-refractivity contribution in [3.8, 4) is 0 Å². The fourth-order valence-corrected chi connectivity index (χ4v) is 3.78. The van der Waals surface area contributed by atoms with Gasteiger partial charge in [-0.05, 0) is 6.07 Å². The summed E-state index contributed by atoms with van der Waals surface area (Å²) in [5.74, 6) is -1.33. The Labute approximate surface area is 168 Å². The van der Waals surface area contributed by atoms with Gasteiger partial charge in [0.1, 0.15) is 11.6 Å². The Morgan fingerprint density at radius 2 is 1.86 bits per heavy atom. The summed E-state index contributed by atoms with van der Waals surface area (Å²) in [6.07, 6.45) is 0.133. The van der Waals surface area contributed by atoms with Gasteiger partial charge in [-0.2, -0.15) is 0 Å². The highest BCUT2D eigenvalue weighted by atomic mass is 32.2. The number of carbonyl (C=O) groups excluding carboxylic acids is 1. The van der Waals surface area contributed by atoms with Gasteiger partial charge in [-0.25, -0.2) is 18.6 Å². The predicted octanol–water partition coefficient (Wildman–Crippen LogP) is 1.05. The number of imidazole rings is 1. The predicted molar refractivity (Wildman–Crippen MR) is 105 cm³/mol. The number of nitrogens with zero attached hydrogens (tertiary/aromatic N) is 4. The molecular formula is C18H19F2N5O3S. The van der Waals surface area contributed by atoms with E-state index >= 15 is 0 Å². The van der Waals surface area contributed by atoms with Gasteiger partial charge in [-0.15, -0.1) is 0 Å². The van der Waals surface area contributed by atoms with Crippen molar-refractivity contribution in [2.75, 3.05) is 5.75 Å². The molecule has 8 nitrogen and oxygen atoms in total. The monoisotopic (exact) mass is 423 g/mol. The molecule has 0 saturated heterocycles. The van der Waals surface area contributed by atoms with Crippen LogP contribution < -0.4 is 16.6 Å². The number of aromatic nitrogens is 4. The molecule has 0 radical (unpaired) electrons. The zero-order chi connectivity index (χ0) is 21.3. The lowest BCUT2D eigenvalue weighted by Gasteiger charge is -2.07. The van der Waals surface area contributed by atoms with E-state index in [0.29, 0.717) is 16.6 Å². The first-order valence-electron chi connectivity index (χ1n) is 8.66. The van der Waals surface area contributed by atoms with Crippen LogP contribution in [-0.4, -0.2) is 30.3 Å². The van der Waals surface area contributed by atoms with Crippen LogP contribution in [0.3, 0.4) is 0 Å². The lowest BCUT2D eigenvalue weighted by atomic mass is 10.2. The topological polar surface area (TPSA) is 90.9 Å². The van der Waals surface area contributed by atoms with Crippen LogP contribution >= 0.6 is 11.8 Å². The molecule has 0 bridgehead atoms. The van der Waals surface area contributed by atoms with Gasteiger partial charge in [0.15, 0.2) is 16.3 Å². The Hall–Kier alpha value is -2.95. The number of halogens is 2. The molecule has 0 atom stereocenters. The molecule has 0 unspecified atom stereocenters. The van der Waals surface area contributed by atoms with E-state index in [-0.39, 0.29) is 30.0 Å². The SMILES string of the molecule is Cn1c(=O)c2nc(SCCC(=O)NCc3ccc(F)cc3F)n(C)c2n(C)c1=O. The zero-order valence-electron chi connectivity index (χ0n) is 16.0. The van der Waals surface area contributed by atoms with Crippen LogP contribution in [0.4, 0.5) is 8.78 Å². The van der Waals surface area contributed by atoms with Gasteiger partial charge in [-0.1, -0.05) is 17.8 Å². The van der Waals surface area contributed by atoms with E-state index in [0.717, 1.165) is 16.7 Å². The molecule has 0 fully saturated rings. The lowest BCUT2D eigenvalue weighted by molar-refractivity contribution is -0.120. The average molecular weight is 423 g/mol. The number of aryl methyl sites for hydroxylation is 2. The molecule has 3 aromatic rings. The second-order valence-corrected chi connectivity index (χ2v) is 7.50. The summed E-state index contributed by atoms with van der Waals surface area (Å²) in [6.45, 7) is -0.0416. The van der Waals surface area contributed by atoms with Crippen molar-refractivity contribution in [3.63, 3.8) is 0 Å². The number of carbonyl (C=O) groups is 1. The molecule has 1 N–H and O–H groups in total. The van der Waals surface area contributed by atoms with Crippen molar-refractivity contribution in [2.45, 2.75) is 18.1 Å².